The minimum atomic E-state index is -3.10. The highest BCUT2D eigenvalue weighted by atomic mass is 32.2. The molecule has 22 heavy (non-hydrogen) atoms. The molecule has 0 spiro atoms. The average Bonchev–Trinajstić information content (AvgIpc) is 2.97. The van der Waals surface area contributed by atoms with Crippen LogP contribution < -0.4 is 4.74 Å². The van der Waals surface area contributed by atoms with Crippen molar-refractivity contribution in [2.45, 2.75) is 11.7 Å². The largest absolute Gasteiger partial charge is 0.491 e. The van der Waals surface area contributed by atoms with E-state index in [1.165, 1.54) is 6.26 Å². The number of amides is 1. The maximum absolute atomic E-state index is 12.4. The van der Waals surface area contributed by atoms with Crippen LogP contribution in [0.3, 0.4) is 0 Å². The lowest BCUT2D eigenvalue weighted by atomic mass is 10.2. The molecule has 0 radical (unpaired) electrons. The number of carbonyl (C=O) groups excluding carboxylic acids is 1. The number of carbonyl (C=O) groups is 1. The third-order valence-corrected chi connectivity index (χ3v) is 5.29. The predicted molar refractivity (Wildman–Crippen MR) is 83.0 cm³/mol. The minimum Gasteiger partial charge on any atom is -0.491 e. The number of sulfone groups is 1. The second-order valence-electron chi connectivity index (χ2n) is 5.36. The summed E-state index contributed by atoms with van der Waals surface area (Å²) in [6.07, 6.45) is 1.72. The Hall–Kier alpha value is -1.60. The molecule has 1 heterocycles. The van der Waals surface area contributed by atoms with Crippen molar-refractivity contribution >= 4 is 15.7 Å². The number of likely N-dealkylation sites (tertiary alicyclic amines) is 1. The molecule has 2 rings (SSSR count). The predicted octanol–water partition coefficient (Wildman–Crippen LogP) is 0.971. The molecule has 1 saturated heterocycles. The van der Waals surface area contributed by atoms with Crippen LogP contribution in [0.4, 0.5) is 0 Å². The molecule has 1 aromatic carbocycles. The first-order valence-electron chi connectivity index (χ1n) is 7.12. The molecule has 0 N–H and O–H groups in total. The van der Waals surface area contributed by atoms with Crippen molar-refractivity contribution in [2.24, 2.45) is 0 Å². The van der Waals surface area contributed by atoms with E-state index in [1.54, 1.807) is 36.3 Å². The van der Waals surface area contributed by atoms with Crippen molar-refractivity contribution < 1.29 is 22.7 Å². The van der Waals surface area contributed by atoms with Gasteiger partial charge in [-0.05, 0) is 30.7 Å². The fourth-order valence-electron chi connectivity index (χ4n) is 2.38. The van der Waals surface area contributed by atoms with Crippen LogP contribution in [0.5, 0.6) is 5.75 Å². The third-order valence-electron chi connectivity index (χ3n) is 3.70. The van der Waals surface area contributed by atoms with Gasteiger partial charge in [-0.25, -0.2) is 8.42 Å². The molecule has 1 aliphatic rings. The first-order valence-corrected chi connectivity index (χ1v) is 9.07. The highest BCUT2D eigenvalue weighted by Gasteiger charge is 2.32. The molecular weight excluding hydrogens is 306 g/mol. The van der Waals surface area contributed by atoms with Gasteiger partial charge in [0.05, 0.1) is 11.9 Å². The monoisotopic (exact) mass is 327 g/mol. The molecule has 1 amide bonds. The van der Waals surface area contributed by atoms with Gasteiger partial charge in [-0.3, -0.25) is 4.79 Å². The lowest BCUT2D eigenvalue weighted by Crippen LogP contribution is -2.31. The van der Waals surface area contributed by atoms with Crippen LogP contribution in [0.2, 0.25) is 0 Å². The van der Waals surface area contributed by atoms with E-state index in [1.807, 2.05) is 0 Å². The zero-order valence-electron chi connectivity index (χ0n) is 12.8. The molecular formula is C15H21NO5S. The van der Waals surface area contributed by atoms with Crippen LogP contribution >= 0.6 is 0 Å². The van der Waals surface area contributed by atoms with E-state index in [2.05, 4.69) is 0 Å². The van der Waals surface area contributed by atoms with Gasteiger partial charge in [0.1, 0.15) is 12.4 Å². The number of rotatable bonds is 6. The Balaban J connectivity index is 1.96. The van der Waals surface area contributed by atoms with Gasteiger partial charge in [0.25, 0.3) is 5.91 Å². The molecule has 122 valence electrons. The van der Waals surface area contributed by atoms with Crippen molar-refractivity contribution in [1.82, 2.24) is 4.90 Å². The second-order valence-corrected chi connectivity index (χ2v) is 7.68. The number of hydrogen-bond donors (Lipinski definition) is 0. The van der Waals surface area contributed by atoms with Crippen molar-refractivity contribution in [3.63, 3.8) is 0 Å². The average molecular weight is 327 g/mol. The zero-order valence-corrected chi connectivity index (χ0v) is 13.6. The fraction of sp³-hybridized carbons (Fsp3) is 0.533. The van der Waals surface area contributed by atoms with Gasteiger partial charge in [0, 0.05) is 32.0 Å². The number of nitrogens with zero attached hydrogens (tertiary/aromatic N) is 1. The summed E-state index contributed by atoms with van der Waals surface area (Å²) in [7, 11) is -1.49. The van der Waals surface area contributed by atoms with Gasteiger partial charge in [0.15, 0.2) is 9.84 Å². The van der Waals surface area contributed by atoms with Crippen molar-refractivity contribution in [1.29, 1.82) is 0 Å². The number of ether oxygens (including phenoxy) is 2. The van der Waals surface area contributed by atoms with Gasteiger partial charge in [0.2, 0.25) is 0 Å². The van der Waals surface area contributed by atoms with E-state index in [0.717, 1.165) is 0 Å². The van der Waals surface area contributed by atoms with E-state index < -0.39 is 15.1 Å². The van der Waals surface area contributed by atoms with E-state index in [0.29, 0.717) is 37.5 Å². The van der Waals surface area contributed by atoms with Gasteiger partial charge >= 0.3 is 0 Å². The first kappa shape index (κ1) is 16.8. The molecule has 1 aliphatic heterocycles. The van der Waals surface area contributed by atoms with Crippen LogP contribution in [0.25, 0.3) is 0 Å². The van der Waals surface area contributed by atoms with Crippen molar-refractivity contribution in [3.8, 4) is 5.75 Å². The molecule has 1 fully saturated rings. The molecule has 0 bridgehead atoms. The molecule has 1 unspecified atom stereocenters. The Morgan fingerprint density at radius 3 is 2.50 bits per heavy atom. The van der Waals surface area contributed by atoms with E-state index in [-0.39, 0.29) is 12.5 Å². The molecule has 6 nitrogen and oxygen atoms in total. The standard InChI is InChI=1S/C15H21NO5S/c1-20-9-10-21-13-5-3-12(4-6-13)15(17)16-8-7-14(11-16)22(2,18)19/h3-6,14H,7-11H2,1-2H3. The molecule has 0 saturated carbocycles. The fourth-order valence-corrected chi connectivity index (χ4v) is 3.37. The summed E-state index contributed by atoms with van der Waals surface area (Å²) in [6, 6.07) is 6.84. The maximum Gasteiger partial charge on any atom is 0.253 e. The second kappa shape index (κ2) is 7.11. The van der Waals surface area contributed by atoms with Gasteiger partial charge in [-0.2, -0.15) is 0 Å². The van der Waals surface area contributed by atoms with Crippen molar-refractivity contribution in [3.05, 3.63) is 29.8 Å². The Morgan fingerprint density at radius 1 is 1.27 bits per heavy atom. The van der Waals surface area contributed by atoms with Crippen LogP contribution in [0, 0.1) is 0 Å². The van der Waals surface area contributed by atoms with Crippen LogP contribution in [0.1, 0.15) is 16.8 Å². The topological polar surface area (TPSA) is 72.9 Å². The molecule has 1 aromatic rings. The third kappa shape index (κ3) is 4.20. The summed E-state index contributed by atoms with van der Waals surface area (Å²) in [4.78, 5) is 14.0. The highest BCUT2D eigenvalue weighted by Crippen LogP contribution is 2.20. The lowest BCUT2D eigenvalue weighted by molar-refractivity contribution is 0.0793. The summed E-state index contributed by atoms with van der Waals surface area (Å²) in [5.74, 6) is 0.527. The van der Waals surface area contributed by atoms with E-state index >= 15 is 0 Å². The summed E-state index contributed by atoms with van der Waals surface area (Å²) < 4.78 is 33.4. The van der Waals surface area contributed by atoms with Crippen molar-refractivity contribution in [2.75, 3.05) is 39.7 Å². The van der Waals surface area contributed by atoms with Gasteiger partial charge in [-0.1, -0.05) is 0 Å². The minimum absolute atomic E-state index is 0.144. The molecule has 1 atom stereocenters. The first-order chi connectivity index (χ1) is 10.4. The summed E-state index contributed by atoms with van der Waals surface area (Å²) in [6.45, 7) is 1.69. The number of methoxy groups -OCH3 is 1. The zero-order chi connectivity index (χ0) is 16.2. The van der Waals surface area contributed by atoms with Gasteiger partial charge < -0.3 is 14.4 Å². The van der Waals surface area contributed by atoms with E-state index in [9.17, 15) is 13.2 Å². The lowest BCUT2D eigenvalue weighted by Gasteiger charge is -2.16. The number of hydrogen-bond acceptors (Lipinski definition) is 5. The number of benzene rings is 1. The molecule has 7 heteroatoms. The van der Waals surface area contributed by atoms with Crippen LogP contribution in [-0.4, -0.2) is 64.1 Å². The summed E-state index contributed by atoms with van der Waals surface area (Å²) in [5.41, 5.74) is 0.535. The van der Waals surface area contributed by atoms with Crippen LogP contribution in [0.15, 0.2) is 24.3 Å². The van der Waals surface area contributed by atoms with E-state index in [4.69, 9.17) is 9.47 Å². The summed E-state index contributed by atoms with van der Waals surface area (Å²) >= 11 is 0. The van der Waals surface area contributed by atoms with Crippen LogP contribution in [-0.2, 0) is 14.6 Å². The molecule has 0 aromatic heterocycles. The normalized spacial score (nSPS) is 18.5. The Bertz CT molecular complexity index is 611. The quantitative estimate of drug-likeness (QED) is 0.728. The smallest absolute Gasteiger partial charge is 0.253 e. The van der Waals surface area contributed by atoms with Gasteiger partial charge in [-0.15, -0.1) is 0 Å². The Labute approximate surface area is 130 Å². The Morgan fingerprint density at radius 2 is 1.95 bits per heavy atom. The molecule has 0 aliphatic carbocycles. The highest BCUT2D eigenvalue weighted by molar-refractivity contribution is 7.91. The summed E-state index contributed by atoms with van der Waals surface area (Å²) in [5, 5.41) is -0.451. The Kier molecular flexibility index (Phi) is 5.42. The maximum atomic E-state index is 12.4. The SMILES string of the molecule is COCCOc1ccc(C(=O)N2CCC(S(C)(=O)=O)C2)cc1.